The van der Waals surface area contributed by atoms with E-state index < -0.39 is 11.0 Å². The zero-order valence-electron chi connectivity index (χ0n) is 14.9. The van der Waals surface area contributed by atoms with Crippen LogP contribution in [0.15, 0.2) is 34.9 Å². The standard InChI is InChI=1S/C18H20N4O5/c1-12-9-15(27-20-12)10-17(23)21-8-2-3-16(21)18(24)19-11-13-4-6-14(7-5-13)22(25)26/h4-7,9,16H,2-3,8,10-11H2,1H3,(H,19,24)/t16-/m0/s1. The number of nitrogens with one attached hydrogen (secondary N) is 1. The van der Waals surface area contributed by atoms with Gasteiger partial charge in [0.15, 0.2) is 0 Å². The maximum Gasteiger partial charge on any atom is 0.269 e. The van der Waals surface area contributed by atoms with E-state index in [0.29, 0.717) is 24.4 Å². The zero-order chi connectivity index (χ0) is 19.4. The number of likely N-dealkylation sites (tertiary alicyclic amines) is 1. The van der Waals surface area contributed by atoms with Crippen molar-refractivity contribution >= 4 is 17.5 Å². The van der Waals surface area contributed by atoms with E-state index in [-0.39, 0.29) is 30.5 Å². The molecule has 0 radical (unpaired) electrons. The number of carbonyl (C=O) groups is 2. The molecule has 0 bridgehead atoms. The number of hydrogen-bond donors (Lipinski definition) is 1. The van der Waals surface area contributed by atoms with Crippen molar-refractivity contribution in [3.05, 3.63) is 57.5 Å². The van der Waals surface area contributed by atoms with Gasteiger partial charge in [0.2, 0.25) is 11.8 Å². The van der Waals surface area contributed by atoms with Gasteiger partial charge in [0.1, 0.15) is 11.8 Å². The Morgan fingerprint density at radius 1 is 1.37 bits per heavy atom. The Bertz CT molecular complexity index is 846. The third-order valence-corrected chi connectivity index (χ3v) is 4.49. The van der Waals surface area contributed by atoms with Gasteiger partial charge in [-0.05, 0) is 25.3 Å². The van der Waals surface area contributed by atoms with Crippen LogP contribution in [-0.4, -0.2) is 39.4 Å². The number of nitro groups is 1. The Balaban J connectivity index is 1.56. The van der Waals surface area contributed by atoms with E-state index in [1.807, 2.05) is 0 Å². The monoisotopic (exact) mass is 372 g/mol. The molecule has 0 unspecified atom stereocenters. The number of aryl methyl sites for hydroxylation is 1. The van der Waals surface area contributed by atoms with Crippen molar-refractivity contribution in [2.45, 2.75) is 38.8 Å². The third kappa shape index (κ3) is 4.49. The molecule has 1 fully saturated rings. The minimum atomic E-state index is -0.514. The van der Waals surface area contributed by atoms with Gasteiger partial charge in [-0.25, -0.2) is 0 Å². The summed E-state index contributed by atoms with van der Waals surface area (Å²) >= 11 is 0. The lowest BCUT2D eigenvalue weighted by Gasteiger charge is -2.23. The maximum atomic E-state index is 12.5. The van der Waals surface area contributed by atoms with E-state index in [4.69, 9.17) is 4.52 Å². The van der Waals surface area contributed by atoms with Crippen LogP contribution in [0, 0.1) is 17.0 Å². The number of hydrogen-bond acceptors (Lipinski definition) is 6. The average molecular weight is 372 g/mol. The fourth-order valence-electron chi connectivity index (χ4n) is 3.13. The molecule has 2 aromatic rings. The zero-order valence-corrected chi connectivity index (χ0v) is 14.9. The van der Waals surface area contributed by atoms with Gasteiger partial charge in [-0.1, -0.05) is 17.3 Å². The normalized spacial score (nSPS) is 16.3. The summed E-state index contributed by atoms with van der Waals surface area (Å²) in [5, 5.41) is 17.2. The molecule has 3 rings (SSSR count). The van der Waals surface area contributed by atoms with Gasteiger partial charge in [0.05, 0.1) is 17.0 Å². The Kier molecular flexibility index (Phi) is 5.49. The van der Waals surface area contributed by atoms with Crippen molar-refractivity contribution in [2.24, 2.45) is 0 Å². The molecule has 2 heterocycles. The van der Waals surface area contributed by atoms with E-state index in [9.17, 15) is 19.7 Å². The van der Waals surface area contributed by atoms with Crippen molar-refractivity contribution < 1.29 is 19.0 Å². The van der Waals surface area contributed by atoms with Crippen LogP contribution in [0.4, 0.5) is 5.69 Å². The van der Waals surface area contributed by atoms with Crippen LogP contribution in [0.5, 0.6) is 0 Å². The van der Waals surface area contributed by atoms with Crippen molar-refractivity contribution in [2.75, 3.05) is 6.54 Å². The third-order valence-electron chi connectivity index (χ3n) is 4.49. The molecule has 142 valence electrons. The van der Waals surface area contributed by atoms with E-state index in [2.05, 4.69) is 10.5 Å². The van der Waals surface area contributed by atoms with Crippen LogP contribution in [0.3, 0.4) is 0 Å². The fraction of sp³-hybridized carbons (Fsp3) is 0.389. The number of nitrogens with zero attached hydrogens (tertiary/aromatic N) is 3. The number of aromatic nitrogens is 1. The van der Waals surface area contributed by atoms with Crippen molar-refractivity contribution in [3.8, 4) is 0 Å². The minimum absolute atomic E-state index is 0.000272. The van der Waals surface area contributed by atoms with Gasteiger partial charge in [-0.3, -0.25) is 19.7 Å². The topological polar surface area (TPSA) is 119 Å². The van der Waals surface area contributed by atoms with Gasteiger partial charge < -0.3 is 14.7 Å². The summed E-state index contributed by atoms with van der Waals surface area (Å²) in [5.74, 6) is 0.0847. The quantitative estimate of drug-likeness (QED) is 0.609. The maximum absolute atomic E-state index is 12.5. The van der Waals surface area contributed by atoms with Crippen molar-refractivity contribution in [1.29, 1.82) is 0 Å². The summed E-state index contributed by atoms with van der Waals surface area (Å²) in [6.07, 6.45) is 1.44. The molecule has 0 aliphatic carbocycles. The van der Waals surface area contributed by atoms with Gasteiger partial charge in [0.25, 0.3) is 5.69 Å². The van der Waals surface area contributed by atoms with Crippen molar-refractivity contribution in [1.82, 2.24) is 15.4 Å². The fourth-order valence-corrected chi connectivity index (χ4v) is 3.13. The van der Waals surface area contributed by atoms with E-state index in [0.717, 1.165) is 12.0 Å². The molecule has 0 saturated carbocycles. The molecule has 0 spiro atoms. The highest BCUT2D eigenvalue weighted by atomic mass is 16.6. The minimum Gasteiger partial charge on any atom is -0.361 e. The highest BCUT2D eigenvalue weighted by molar-refractivity contribution is 5.88. The number of benzene rings is 1. The molecular formula is C18H20N4O5. The van der Waals surface area contributed by atoms with Crippen LogP contribution in [-0.2, 0) is 22.6 Å². The Hall–Kier alpha value is -3.23. The predicted molar refractivity (Wildman–Crippen MR) is 94.6 cm³/mol. The molecule has 1 aromatic carbocycles. The predicted octanol–water partition coefficient (Wildman–Crippen LogP) is 1.74. The Labute approximate surface area is 155 Å². The largest absolute Gasteiger partial charge is 0.361 e. The molecule has 2 amide bonds. The average Bonchev–Trinajstić information content (AvgIpc) is 3.29. The molecule has 1 aromatic heterocycles. The molecule has 1 aliphatic rings. The summed E-state index contributed by atoms with van der Waals surface area (Å²) < 4.78 is 5.08. The molecule has 1 atom stereocenters. The van der Waals surface area contributed by atoms with Crippen LogP contribution >= 0.6 is 0 Å². The Morgan fingerprint density at radius 2 is 2.11 bits per heavy atom. The van der Waals surface area contributed by atoms with Gasteiger partial charge >= 0.3 is 0 Å². The number of amides is 2. The first-order valence-corrected chi connectivity index (χ1v) is 8.67. The first-order valence-electron chi connectivity index (χ1n) is 8.67. The van der Waals surface area contributed by atoms with Crippen LogP contribution < -0.4 is 5.32 Å². The summed E-state index contributed by atoms with van der Waals surface area (Å²) in [5.41, 5.74) is 1.46. The van der Waals surface area contributed by atoms with Gasteiger partial charge in [0, 0.05) is 31.3 Å². The van der Waals surface area contributed by atoms with E-state index >= 15 is 0 Å². The number of non-ortho nitro benzene ring substituents is 1. The van der Waals surface area contributed by atoms with E-state index in [1.165, 1.54) is 12.1 Å². The molecule has 9 nitrogen and oxygen atoms in total. The van der Waals surface area contributed by atoms with E-state index in [1.54, 1.807) is 30.0 Å². The molecule has 27 heavy (non-hydrogen) atoms. The number of nitro benzene ring substituents is 1. The number of carbonyl (C=O) groups excluding carboxylic acids is 2. The van der Waals surface area contributed by atoms with Crippen LogP contribution in [0.25, 0.3) is 0 Å². The summed E-state index contributed by atoms with van der Waals surface area (Å²) in [6.45, 7) is 2.56. The number of rotatable bonds is 6. The van der Waals surface area contributed by atoms with Crippen molar-refractivity contribution in [3.63, 3.8) is 0 Å². The summed E-state index contributed by atoms with van der Waals surface area (Å²) in [4.78, 5) is 36.8. The van der Waals surface area contributed by atoms with Gasteiger partial charge in [-0.15, -0.1) is 0 Å². The second-order valence-corrected chi connectivity index (χ2v) is 6.50. The Morgan fingerprint density at radius 3 is 2.74 bits per heavy atom. The SMILES string of the molecule is Cc1cc(CC(=O)N2CCC[C@H]2C(=O)NCc2ccc([N+](=O)[O-])cc2)on1. The van der Waals surface area contributed by atoms with Gasteiger partial charge in [-0.2, -0.15) is 0 Å². The van der Waals surface area contributed by atoms with Crippen LogP contribution in [0.1, 0.15) is 29.9 Å². The first kappa shape index (κ1) is 18.6. The first-order chi connectivity index (χ1) is 12.9. The molecular weight excluding hydrogens is 352 g/mol. The molecule has 9 heteroatoms. The lowest BCUT2D eigenvalue weighted by molar-refractivity contribution is -0.384. The second kappa shape index (κ2) is 7.98. The smallest absolute Gasteiger partial charge is 0.269 e. The van der Waals surface area contributed by atoms with Crippen LogP contribution in [0.2, 0.25) is 0 Å². The highest BCUT2D eigenvalue weighted by Crippen LogP contribution is 2.19. The lowest BCUT2D eigenvalue weighted by Crippen LogP contribution is -2.46. The lowest BCUT2D eigenvalue weighted by atomic mass is 10.1. The summed E-state index contributed by atoms with van der Waals surface area (Å²) in [7, 11) is 0. The molecule has 1 aliphatic heterocycles. The molecule has 1 saturated heterocycles. The highest BCUT2D eigenvalue weighted by Gasteiger charge is 2.34. The second-order valence-electron chi connectivity index (χ2n) is 6.50. The molecule has 1 N–H and O–H groups in total. The summed E-state index contributed by atoms with van der Waals surface area (Å²) in [6, 6.07) is 7.18.